The summed E-state index contributed by atoms with van der Waals surface area (Å²) in [6.45, 7) is 3.43. The van der Waals surface area contributed by atoms with Gasteiger partial charge in [0.2, 0.25) is 11.8 Å². The molecule has 23 heavy (non-hydrogen) atoms. The summed E-state index contributed by atoms with van der Waals surface area (Å²) in [4.78, 5) is 24.0. The van der Waals surface area contributed by atoms with Gasteiger partial charge in [-0.05, 0) is 44.4 Å². The van der Waals surface area contributed by atoms with Gasteiger partial charge in [-0.15, -0.1) is 0 Å². The number of aliphatic hydroxyl groups excluding tert-OH is 1. The number of aliphatic hydroxyl groups is 1. The third kappa shape index (κ3) is 5.36. The van der Waals surface area contributed by atoms with Crippen LogP contribution in [0.5, 0.6) is 0 Å². The molecular formula is C18H26N2O3. The molecule has 1 aromatic rings. The van der Waals surface area contributed by atoms with Crippen LogP contribution < -0.4 is 10.6 Å². The highest BCUT2D eigenvalue weighted by Gasteiger charge is 2.22. The minimum atomic E-state index is -0.619. The topological polar surface area (TPSA) is 78.4 Å². The lowest BCUT2D eigenvalue weighted by Crippen LogP contribution is -2.46. The molecule has 0 heterocycles. The van der Waals surface area contributed by atoms with Gasteiger partial charge in [-0.3, -0.25) is 9.59 Å². The number of anilines is 1. The lowest BCUT2D eigenvalue weighted by atomic mass is 10.1. The first-order valence-electron chi connectivity index (χ1n) is 8.21. The van der Waals surface area contributed by atoms with Crippen LogP contribution in [0.3, 0.4) is 0 Å². The molecule has 1 aliphatic carbocycles. The predicted octanol–water partition coefficient (Wildman–Crippen LogP) is 2.24. The van der Waals surface area contributed by atoms with Crippen LogP contribution in [-0.2, 0) is 16.0 Å². The Hall–Kier alpha value is -1.88. The highest BCUT2D eigenvalue weighted by Crippen LogP contribution is 2.26. The van der Waals surface area contributed by atoms with Crippen molar-refractivity contribution >= 4 is 17.5 Å². The third-order valence-electron chi connectivity index (χ3n) is 4.19. The zero-order valence-corrected chi connectivity index (χ0v) is 13.9. The lowest BCUT2D eigenvalue weighted by molar-refractivity contribution is -0.122. The van der Waals surface area contributed by atoms with E-state index in [2.05, 4.69) is 10.6 Å². The normalized spacial score (nSPS) is 15.4. The Balaban J connectivity index is 1.86. The second-order valence-electron chi connectivity index (χ2n) is 6.93. The van der Waals surface area contributed by atoms with Crippen molar-refractivity contribution in [3.63, 3.8) is 0 Å². The van der Waals surface area contributed by atoms with Gasteiger partial charge < -0.3 is 15.7 Å². The molecule has 0 bridgehead atoms. The molecule has 5 heteroatoms. The van der Waals surface area contributed by atoms with E-state index in [0.717, 1.165) is 36.9 Å². The molecule has 0 unspecified atom stereocenters. The van der Waals surface area contributed by atoms with E-state index in [4.69, 9.17) is 5.11 Å². The largest absolute Gasteiger partial charge is 0.394 e. The van der Waals surface area contributed by atoms with Gasteiger partial charge in [-0.25, -0.2) is 0 Å². The van der Waals surface area contributed by atoms with Gasteiger partial charge >= 0.3 is 0 Å². The van der Waals surface area contributed by atoms with Gasteiger partial charge in [0.25, 0.3) is 0 Å². The highest BCUT2D eigenvalue weighted by atomic mass is 16.3. The first kappa shape index (κ1) is 17.5. The van der Waals surface area contributed by atoms with Gasteiger partial charge in [-0.1, -0.05) is 25.0 Å². The van der Waals surface area contributed by atoms with Crippen LogP contribution in [0.2, 0.25) is 0 Å². The van der Waals surface area contributed by atoms with Gasteiger partial charge in [-0.2, -0.15) is 0 Å². The van der Waals surface area contributed by atoms with Gasteiger partial charge in [0, 0.05) is 11.6 Å². The maximum absolute atomic E-state index is 12.1. The number of hydrogen-bond donors (Lipinski definition) is 3. The van der Waals surface area contributed by atoms with Crippen molar-refractivity contribution in [3.05, 3.63) is 29.8 Å². The quantitative estimate of drug-likeness (QED) is 0.753. The van der Waals surface area contributed by atoms with Gasteiger partial charge in [0.15, 0.2) is 0 Å². The molecule has 2 amide bonds. The fraction of sp³-hybridized carbons (Fsp3) is 0.556. The summed E-state index contributed by atoms with van der Waals surface area (Å²) in [5.74, 6) is 0.102. The summed E-state index contributed by atoms with van der Waals surface area (Å²) in [6, 6.07) is 7.34. The van der Waals surface area contributed by atoms with Crippen molar-refractivity contribution in [2.45, 2.75) is 51.5 Å². The maximum atomic E-state index is 12.1. The number of nitrogens with one attached hydrogen (secondary N) is 2. The van der Waals surface area contributed by atoms with E-state index in [1.54, 1.807) is 13.8 Å². The zero-order chi connectivity index (χ0) is 16.9. The van der Waals surface area contributed by atoms with Crippen LogP contribution in [0.4, 0.5) is 5.69 Å². The van der Waals surface area contributed by atoms with E-state index >= 15 is 0 Å². The summed E-state index contributed by atoms with van der Waals surface area (Å²) in [5, 5.41) is 14.9. The fourth-order valence-electron chi connectivity index (χ4n) is 2.78. The number of carbonyl (C=O) groups excluding carboxylic acids is 2. The first-order valence-corrected chi connectivity index (χ1v) is 8.21. The molecule has 0 saturated heterocycles. The maximum Gasteiger partial charge on any atom is 0.227 e. The number of carbonyl (C=O) groups is 2. The van der Waals surface area contributed by atoms with Crippen molar-refractivity contribution in [2.24, 2.45) is 5.92 Å². The Morgan fingerprint density at radius 3 is 2.35 bits per heavy atom. The fourth-order valence-corrected chi connectivity index (χ4v) is 2.78. The summed E-state index contributed by atoms with van der Waals surface area (Å²) >= 11 is 0. The smallest absolute Gasteiger partial charge is 0.227 e. The van der Waals surface area contributed by atoms with E-state index in [0.29, 0.717) is 0 Å². The minimum absolute atomic E-state index is 0.0951. The number of hydrogen-bond acceptors (Lipinski definition) is 3. The van der Waals surface area contributed by atoms with Crippen LogP contribution in [0.15, 0.2) is 24.3 Å². The van der Waals surface area contributed by atoms with Crippen LogP contribution in [-0.4, -0.2) is 29.1 Å². The van der Waals surface area contributed by atoms with Crippen molar-refractivity contribution in [1.82, 2.24) is 5.32 Å². The average Bonchev–Trinajstić information content (AvgIpc) is 3.03. The number of rotatable bonds is 6. The third-order valence-corrected chi connectivity index (χ3v) is 4.19. The van der Waals surface area contributed by atoms with E-state index in [1.807, 2.05) is 24.3 Å². The average molecular weight is 318 g/mol. The van der Waals surface area contributed by atoms with E-state index in [9.17, 15) is 9.59 Å². The van der Waals surface area contributed by atoms with Gasteiger partial charge in [0.1, 0.15) is 0 Å². The zero-order valence-electron chi connectivity index (χ0n) is 13.9. The van der Waals surface area contributed by atoms with Crippen LogP contribution in [0, 0.1) is 5.92 Å². The second kappa shape index (κ2) is 7.59. The first-order chi connectivity index (χ1) is 10.9. The second-order valence-corrected chi connectivity index (χ2v) is 6.93. The lowest BCUT2D eigenvalue weighted by Gasteiger charge is -2.23. The molecule has 1 aromatic carbocycles. The molecule has 126 valence electrons. The van der Waals surface area contributed by atoms with Crippen molar-refractivity contribution in [1.29, 1.82) is 0 Å². The molecule has 5 nitrogen and oxygen atoms in total. The molecule has 0 spiro atoms. The Kier molecular flexibility index (Phi) is 5.77. The molecule has 1 saturated carbocycles. The van der Waals surface area contributed by atoms with E-state index in [1.165, 1.54) is 0 Å². The Morgan fingerprint density at radius 2 is 1.78 bits per heavy atom. The molecule has 0 atom stereocenters. The predicted molar refractivity (Wildman–Crippen MR) is 90.0 cm³/mol. The number of benzene rings is 1. The van der Waals surface area contributed by atoms with E-state index < -0.39 is 5.54 Å². The number of amides is 2. The highest BCUT2D eigenvalue weighted by molar-refractivity contribution is 5.92. The van der Waals surface area contributed by atoms with E-state index in [-0.39, 0.29) is 30.8 Å². The Morgan fingerprint density at radius 1 is 1.17 bits per heavy atom. The monoisotopic (exact) mass is 318 g/mol. The molecule has 2 rings (SSSR count). The summed E-state index contributed by atoms with van der Waals surface area (Å²) in [6.07, 6.45) is 4.47. The Bertz CT molecular complexity index is 546. The standard InChI is InChI=1S/C18H26N2O3/c1-18(2,12-21)20-16(22)11-13-7-9-15(10-8-13)19-17(23)14-5-3-4-6-14/h7-10,14,21H,3-6,11-12H2,1-2H3,(H,19,23)(H,20,22). The SMILES string of the molecule is CC(C)(CO)NC(=O)Cc1ccc(NC(=O)C2CCCC2)cc1. The van der Waals surface area contributed by atoms with Crippen LogP contribution >= 0.6 is 0 Å². The van der Waals surface area contributed by atoms with Crippen LogP contribution in [0.1, 0.15) is 45.1 Å². The van der Waals surface area contributed by atoms with Gasteiger partial charge in [0.05, 0.1) is 18.6 Å². The molecule has 0 aromatic heterocycles. The van der Waals surface area contributed by atoms with Crippen LogP contribution in [0.25, 0.3) is 0 Å². The molecule has 3 N–H and O–H groups in total. The molecule has 1 aliphatic rings. The van der Waals surface area contributed by atoms with Crippen molar-refractivity contribution in [2.75, 3.05) is 11.9 Å². The van der Waals surface area contributed by atoms with Crippen molar-refractivity contribution < 1.29 is 14.7 Å². The molecular weight excluding hydrogens is 292 g/mol. The Labute approximate surface area is 137 Å². The van der Waals surface area contributed by atoms with Crippen molar-refractivity contribution in [3.8, 4) is 0 Å². The minimum Gasteiger partial charge on any atom is -0.394 e. The summed E-state index contributed by atoms with van der Waals surface area (Å²) in [7, 11) is 0. The summed E-state index contributed by atoms with van der Waals surface area (Å²) < 4.78 is 0. The molecule has 0 aliphatic heterocycles. The molecule has 1 fully saturated rings. The molecule has 0 radical (unpaired) electrons. The summed E-state index contributed by atoms with van der Waals surface area (Å²) in [5.41, 5.74) is 1.02.